The highest BCUT2D eigenvalue weighted by Crippen LogP contribution is 2.25. The zero-order chi connectivity index (χ0) is 20.8. The molecule has 0 aliphatic carbocycles. The second-order valence-electron chi connectivity index (χ2n) is 6.92. The first-order chi connectivity index (χ1) is 14.0. The minimum absolute atomic E-state index is 0.0644. The van der Waals surface area contributed by atoms with Crippen LogP contribution >= 0.6 is 23.1 Å². The monoisotopic (exact) mass is 442 g/mol. The first kappa shape index (κ1) is 21.8. The van der Waals surface area contributed by atoms with Gasteiger partial charge < -0.3 is 19.6 Å². The van der Waals surface area contributed by atoms with Gasteiger partial charge in [-0.15, -0.1) is 11.3 Å². The lowest BCUT2D eigenvalue weighted by Crippen LogP contribution is -2.52. The van der Waals surface area contributed by atoms with Crippen molar-refractivity contribution in [2.45, 2.75) is 30.1 Å². The molecule has 0 saturated carbocycles. The molecule has 160 valence electrons. The van der Waals surface area contributed by atoms with Crippen molar-refractivity contribution in [3.8, 4) is 0 Å². The van der Waals surface area contributed by atoms with E-state index in [0.717, 1.165) is 26.1 Å². The van der Waals surface area contributed by atoms with Crippen LogP contribution in [0.25, 0.3) is 0 Å². The maximum atomic E-state index is 12.3. The predicted molar refractivity (Wildman–Crippen MR) is 110 cm³/mol. The van der Waals surface area contributed by atoms with Crippen molar-refractivity contribution in [3.63, 3.8) is 0 Å². The summed E-state index contributed by atoms with van der Waals surface area (Å²) >= 11 is 2.80. The Labute approximate surface area is 178 Å². The van der Waals surface area contributed by atoms with Crippen LogP contribution in [0.5, 0.6) is 0 Å². The van der Waals surface area contributed by atoms with E-state index in [1.165, 1.54) is 28.5 Å². The fraction of sp³-hybridized carbons (Fsp3) is 0.667. The summed E-state index contributed by atoms with van der Waals surface area (Å²) in [6.45, 7) is 6.47. The summed E-state index contributed by atoms with van der Waals surface area (Å²) < 4.78 is 5.76. The molecular weight excluding hydrogens is 416 g/mol. The number of likely N-dealkylation sites (tertiary alicyclic amines) is 1. The highest BCUT2D eigenvalue weighted by atomic mass is 32.2. The van der Waals surface area contributed by atoms with Crippen LogP contribution < -0.4 is 0 Å². The number of ether oxygens (including phenoxy) is 1. The number of carboxylic acids is 1. The third-order valence-corrected chi connectivity index (χ3v) is 7.08. The molecule has 29 heavy (non-hydrogen) atoms. The molecule has 0 bridgehead atoms. The number of thiazole rings is 1. The van der Waals surface area contributed by atoms with Crippen LogP contribution in [0.2, 0.25) is 0 Å². The number of rotatable bonds is 8. The van der Waals surface area contributed by atoms with Crippen molar-refractivity contribution >= 4 is 41.1 Å². The van der Waals surface area contributed by atoms with Crippen molar-refractivity contribution in [3.05, 3.63) is 11.1 Å². The molecule has 2 aliphatic heterocycles. The van der Waals surface area contributed by atoms with E-state index in [0.29, 0.717) is 42.8 Å². The molecule has 2 fully saturated rings. The molecule has 0 aromatic carbocycles. The van der Waals surface area contributed by atoms with E-state index in [1.807, 2.05) is 4.90 Å². The van der Waals surface area contributed by atoms with E-state index >= 15 is 0 Å². The normalized spacial score (nSPS) is 20.3. The van der Waals surface area contributed by atoms with Gasteiger partial charge >= 0.3 is 12.1 Å². The number of nitrogens with zero attached hydrogens (tertiary/aromatic N) is 4. The second kappa shape index (κ2) is 10.3. The largest absolute Gasteiger partial charge is 0.476 e. The lowest BCUT2D eigenvalue weighted by atomic mass is 10.2. The highest BCUT2D eigenvalue weighted by molar-refractivity contribution is 8.01. The number of piperazine rings is 1. The summed E-state index contributed by atoms with van der Waals surface area (Å²) in [6.07, 6.45) is 1.16. The minimum Gasteiger partial charge on any atom is -0.476 e. The lowest BCUT2D eigenvalue weighted by Gasteiger charge is -2.37. The van der Waals surface area contributed by atoms with E-state index in [2.05, 4.69) is 9.88 Å². The van der Waals surface area contributed by atoms with Gasteiger partial charge in [0.25, 0.3) is 0 Å². The molecule has 2 aliphatic rings. The van der Waals surface area contributed by atoms with Crippen LogP contribution in [0.3, 0.4) is 0 Å². The Kier molecular flexibility index (Phi) is 7.73. The maximum absolute atomic E-state index is 12.3. The molecule has 3 rings (SSSR count). The van der Waals surface area contributed by atoms with Gasteiger partial charge in [-0.1, -0.05) is 11.8 Å². The lowest BCUT2D eigenvalue weighted by molar-refractivity contribution is -0.128. The molecule has 2 saturated heterocycles. The Morgan fingerprint density at radius 2 is 2.10 bits per heavy atom. The van der Waals surface area contributed by atoms with Gasteiger partial charge in [0.05, 0.1) is 6.61 Å². The Morgan fingerprint density at radius 1 is 1.34 bits per heavy atom. The van der Waals surface area contributed by atoms with Gasteiger partial charge in [0.15, 0.2) is 10.0 Å². The van der Waals surface area contributed by atoms with Gasteiger partial charge in [-0.2, -0.15) is 0 Å². The third kappa shape index (κ3) is 5.83. The van der Waals surface area contributed by atoms with E-state index in [-0.39, 0.29) is 23.7 Å². The summed E-state index contributed by atoms with van der Waals surface area (Å²) in [7, 11) is 0. The number of carbonyl (C=O) groups is 3. The smallest absolute Gasteiger partial charge is 0.409 e. The number of amides is 2. The fourth-order valence-electron chi connectivity index (χ4n) is 3.57. The van der Waals surface area contributed by atoms with E-state index in [1.54, 1.807) is 11.8 Å². The molecule has 11 heteroatoms. The molecule has 1 N–H and O–H groups in total. The van der Waals surface area contributed by atoms with Crippen LogP contribution in [0.4, 0.5) is 4.79 Å². The molecule has 9 nitrogen and oxygen atoms in total. The van der Waals surface area contributed by atoms with Crippen molar-refractivity contribution in [1.29, 1.82) is 0 Å². The number of hydrogen-bond donors (Lipinski definition) is 1. The molecule has 3 heterocycles. The number of aromatic carboxylic acids is 1. The Balaban J connectivity index is 1.44. The Bertz CT molecular complexity index is 736. The number of hydrogen-bond acceptors (Lipinski definition) is 8. The van der Waals surface area contributed by atoms with Gasteiger partial charge in [0.1, 0.15) is 0 Å². The molecule has 0 spiro atoms. The average molecular weight is 443 g/mol. The van der Waals surface area contributed by atoms with Crippen LogP contribution in [-0.2, 0) is 9.53 Å². The van der Waals surface area contributed by atoms with E-state index in [4.69, 9.17) is 9.84 Å². The maximum Gasteiger partial charge on any atom is 0.409 e. The standard InChI is InChI=1S/C18H26N4O5S2/c1-2-27-18(26)21-7-5-20(6-8-21)11-13-3-4-15(23)22(13)9-10-28-17-19-14(12-29-17)16(24)25/h12-13H,2-11H2,1H3,(H,24,25)/t13-/m1/s1. The third-order valence-electron chi connectivity index (χ3n) is 5.08. The van der Waals surface area contributed by atoms with Gasteiger partial charge in [0, 0.05) is 62.9 Å². The topological polar surface area (TPSA) is 103 Å². The molecular formula is C18H26N4O5S2. The Hall–Kier alpha value is -1.85. The first-order valence-electron chi connectivity index (χ1n) is 9.73. The van der Waals surface area contributed by atoms with Gasteiger partial charge in [-0.25, -0.2) is 14.6 Å². The van der Waals surface area contributed by atoms with Crippen LogP contribution in [0.1, 0.15) is 30.3 Å². The molecule has 1 atom stereocenters. The van der Waals surface area contributed by atoms with E-state index < -0.39 is 5.97 Å². The molecule has 1 aromatic heterocycles. The number of carbonyl (C=O) groups excluding carboxylic acids is 2. The molecule has 1 aromatic rings. The van der Waals surface area contributed by atoms with Crippen LogP contribution in [-0.4, -0.2) is 100 Å². The summed E-state index contributed by atoms with van der Waals surface area (Å²) in [6, 6.07) is 0.183. The van der Waals surface area contributed by atoms with Gasteiger partial charge in [-0.05, 0) is 13.3 Å². The van der Waals surface area contributed by atoms with Crippen molar-refractivity contribution in [2.75, 3.05) is 51.6 Å². The second-order valence-corrected chi connectivity index (χ2v) is 9.12. The van der Waals surface area contributed by atoms with Crippen LogP contribution in [0, 0.1) is 0 Å². The molecule has 0 radical (unpaired) electrons. The minimum atomic E-state index is -1.02. The summed E-state index contributed by atoms with van der Waals surface area (Å²) in [5, 5.41) is 10.5. The summed E-state index contributed by atoms with van der Waals surface area (Å²) in [5.41, 5.74) is 0.0644. The van der Waals surface area contributed by atoms with Crippen molar-refractivity contribution in [2.24, 2.45) is 0 Å². The van der Waals surface area contributed by atoms with Gasteiger partial charge in [-0.3, -0.25) is 9.69 Å². The number of aromatic nitrogens is 1. The summed E-state index contributed by atoms with van der Waals surface area (Å²) in [4.78, 5) is 45.1. The van der Waals surface area contributed by atoms with Gasteiger partial charge in [0.2, 0.25) is 5.91 Å². The SMILES string of the molecule is CCOC(=O)N1CCN(C[C@H]2CCC(=O)N2CCSc2nc(C(=O)O)cs2)CC1. The zero-order valence-electron chi connectivity index (χ0n) is 16.4. The number of carboxylic acid groups (broad SMARTS) is 1. The molecule has 0 unspecified atom stereocenters. The summed E-state index contributed by atoms with van der Waals surface area (Å²) in [5.74, 6) is -0.164. The zero-order valence-corrected chi connectivity index (χ0v) is 18.0. The fourth-order valence-corrected chi connectivity index (χ4v) is 5.38. The van der Waals surface area contributed by atoms with Crippen molar-refractivity contribution < 1.29 is 24.2 Å². The quantitative estimate of drug-likeness (QED) is 0.607. The average Bonchev–Trinajstić information content (AvgIpc) is 3.31. The highest BCUT2D eigenvalue weighted by Gasteiger charge is 2.33. The first-order valence-corrected chi connectivity index (χ1v) is 11.6. The molecule has 2 amide bonds. The van der Waals surface area contributed by atoms with Crippen LogP contribution in [0.15, 0.2) is 9.72 Å². The van der Waals surface area contributed by atoms with E-state index in [9.17, 15) is 14.4 Å². The predicted octanol–water partition coefficient (Wildman–Crippen LogP) is 1.70. The van der Waals surface area contributed by atoms with Crippen molar-refractivity contribution in [1.82, 2.24) is 19.7 Å². The number of thioether (sulfide) groups is 1. The Morgan fingerprint density at radius 3 is 2.76 bits per heavy atom.